The van der Waals surface area contributed by atoms with Crippen molar-refractivity contribution < 1.29 is 26.9 Å². The van der Waals surface area contributed by atoms with Crippen molar-refractivity contribution in [1.29, 1.82) is 0 Å². The summed E-state index contributed by atoms with van der Waals surface area (Å²) in [4.78, 5) is 14.3. The fraction of sp³-hybridized carbons (Fsp3) is 0.200. The predicted octanol–water partition coefficient (Wildman–Crippen LogP) is 1.42. The second kappa shape index (κ2) is 5.57. The molecule has 1 rings (SSSR count). The maximum absolute atomic E-state index is 13.3. The minimum absolute atomic E-state index is 0.0296. The molecule has 0 bridgehead atoms. The molecule has 0 saturated carbocycles. The lowest BCUT2D eigenvalue weighted by Gasteiger charge is -2.04. The third-order valence-electron chi connectivity index (χ3n) is 1.88. The molecule has 0 aliphatic heterocycles. The first-order valence-electron chi connectivity index (χ1n) is 4.63. The van der Waals surface area contributed by atoms with E-state index in [0.29, 0.717) is 0 Å². The molecule has 1 aromatic carbocycles. The van der Waals surface area contributed by atoms with Gasteiger partial charge < -0.3 is 4.74 Å². The Morgan fingerprint density at radius 3 is 2.67 bits per heavy atom. The zero-order valence-corrected chi connectivity index (χ0v) is 9.78. The molecule has 0 heterocycles. The van der Waals surface area contributed by atoms with E-state index in [2.05, 4.69) is 9.58 Å². The first-order chi connectivity index (χ1) is 8.33. The smallest absolute Gasteiger partial charge is 0.341 e. The SMILES string of the molecule is [C-]#[N+]c1ccc(C(=O)OCCS(=O)(=O)O)c(F)c1. The Kier molecular flexibility index (Phi) is 4.36. The van der Waals surface area contributed by atoms with Crippen molar-refractivity contribution in [2.45, 2.75) is 0 Å². The molecule has 0 atom stereocenters. The number of benzene rings is 1. The molecule has 6 nitrogen and oxygen atoms in total. The van der Waals surface area contributed by atoms with Crippen LogP contribution in [0.15, 0.2) is 18.2 Å². The van der Waals surface area contributed by atoms with Crippen molar-refractivity contribution in [2.24, 2.45) is 0 Å². The van der Waals surface area contributed by atoms with Crippen LogP contribution in [-0.2, 0) is 14.9 Å². The van der Waals surface area contributed by atoms with E-state index in [9.17, 15) is 17.6 Å². The molecule has 1 N–H and O–H groups in total. The van der Waals surface area contributed by atoms with Gasteiger partial charge in [0.15, 0.2) is 5.69 Å². The van der Waals surface area contributed by atoms with Crippen molar-refractivity contribution in [1.82, 2.24) is 0 Å². The summed E-state index contributed by atoms with van der Waals surface area (Å²) >= 11 is 0. The fourth-order valence-electron chi connectivity index (χ4n) is 1.06. The summed E-state index contributed by atoms with van der Waals surface area (Å²) < 4.78 is 46.9. The number of ether oxygens (including phenoxy) is 1. The van der Waals surface area contributed by atoms with Crippen molar-refractivity contribution in [2.75, 3.05) is 12.4 Å². The number of hydrogen-bond donors (Lipinski definition) is 1. The first kappa shape index (κ1) is 14.1. The van der Waals surface area contributed by atoms with E-state index < -0.39 is 39.8 Å². The van der Waals surface area contributed by atoms with Crippen LogP contribution in [0, 0.1) is 12.4 Å². The molecule has 96 valence electrons. The summed E-state index contributed by atoms with van der Waals surface area (Å²) in [6.07, 6.45) is 0. The van der Waals surface area contributed by atoms with Crippen LogP contribution in [0.4, 0.5) is 10.1 Å². The molecular weight excluding hydrogens is 265 g/mol. The van der Waals surface area contributed by atoms with E-state index in [0.717, 1.165) is 12.1 Å². The molecule has 18 heavy (non-hydrogen) atoms. The van der Waals surface area contributed by atoms with Crippen LogP contribution in [0.3, 0.4) is 0 Å². The number of hydrogen-bond acceptors (Lipinski definition) is 4. The van der Waals surface area contributed by atoms with Crippen molar-refractivity contribution in [3.8, 4) is 0 Å². The third kappa shape index (κ3) is 4.12. The largest absolute Gasteiger partial charge is 0.461 e. The molecule has 8 heteroatoms. The minimum Gasteiger partial charge on any atom is -0.461 e. The summed E-state index contributed by atoms with van der Waals surface area (Å²) in [5, 5.41) is 0. The lowest BCUT2D eigenvalue weighted by Crippen LogP contribution is -2.15. The molecule has 0 saturated heterocycles. The Morgan fingerprint density at radius 1 is 1.50 bits per heavy atom. The molecule has 0 unspecified atom stereocenters. The van der Waals surface area contributed by atoms with E-state index in [4.69, 9.17) is 11.1 Å². The van der Waals surface area contributed by atoms with Gasteiger partial charge in [-0.25, -0.2) is 14.0 Å². The maximum Gasteiger partial charge on any atom is 0.341 e. The normalized spacial score (nSPS) is 10.7. The summed E-state index contributed by atoms with van der Waals surface area (Å²) in [7, 11) is -4.23. The van der Waals surface area contributed by atoms with Crippen molar-refractivity contribution in [3.05, 3.63) is 41.0 Å². The molecule has 1 aromatic rings. The summed E-state index contributed by atoms with van der Waals surface area (Å²) in [6, 6.07) is 3.17. The number of esters is 1. The quantitative estimate of drug-likeness (QED) is 0.509. The fourth-order valence-corrected chi connectivity index (χ4v) is 1.35. The highest BCUT2D eigenvalue weighted by atomic mass is 32.2. The summed E-state index contributed by atoms with van der Waals surface area (Å²) in [6.45, 7) is 6.06. The van der Waals surface area contributed by atoms with Crippen LogP contribution < -0.4 is 0 Å². The van der Waals surface area contributed by atoms with Crippen LogP contribution in [0.1, 0.15) is 10.4 Å². The predicted molar refractivity (Wildman–Crippen MR) is 59.4 cm³/mol. The topological polar surface area (TPSA) is 85.0 Å². The Labute approximate surface area is 103 Å². The van der Waals surface area contributed by atoms with Gasteiger partial charge in [-0.3, -0.25) is 4.55 Å². The van der Waals surface area contributed by atoms with Gasteiger partial charge in [0.1, 0.15) is 18.2 Å². The molecule has 0 aromatic heterocycles. The highest BCUT2D eigenvalue weighted by molar-refractivity contribution is 7.85. The van der Waals surface area contributed by atoms with E-state index in [1.54, 1.807) is 0 Å². The van der Waals surface area contributed by atoms with Crippen LogP contribution in [-0.4, -0.2) is 31.3 Å². The molecule has 0 spiro atoms. The van der Waals surface area contributed by atoms with E-state index >= 15 is 0 Å². The molecular formula is C10H8FNO5S. The standard InChI is InChI=1S/C10H8FNO5S/c1-12-7-2-3-8(9(11)6-7)10(13)17-4-5-18(14,15)16/h2-3,6H,4-5H2,(H,14,15,16). The van der Waals surface area contributed by atoms with Gasteiger partial charge in [-0.05, 0) is 6.07 Å². The van der Waals surface area contributed by atoms with Crippen LogP contribution in [0.25, 0.3) is 4.85 Å². The van der Waals surface area contributed by atoms with Gasteiger partial charge in [-0.2, -0.15) is 8.42 Å². The highest BCUT2D eigenvalue weighted by Gasteiger charge is 2.14. The average molecular weight is 273 g/mol. The average Bonchev–Trinajstić information content (AvgIpc) is 2.26. The van der Waals surface area contributed by atoms with Gasteiger partial charge >= 0.3 is 5.97 Å². The molecule has 0 aliphatic carbocycles. The van der Waals surface area contributed by atoms with Crippen LogP contribution in [0.2, 0.25) is 0 Å². The number of nitrogens with zero attached hydrogens (tertiary/aromatic N) is 1. The number of carbonyl (C=O) groups excluding carboxylic acids is 1. The molecule has 0 amide bonds. The number of rotatable bonds is 4. The zero-order valence-electron chi connectivity index (χ0n) is 8.96. The van der Waals surface area contributed by atoms with E-state index in [1.807, 2.05) is 0 Å². The summed E-state index contributed by atoms with van der Waals surface area (Å²) in [5.41, 5.74) is -0.375. The zero-order chi connectivity index (χ0) is 13.8. The molecule has 0 aliphatic rings. The second-order valence-corrected chi connectivity index (χ2v) is 4.77. The van der Waals surface area contributed by atoms with Crippen molar-refractivity contribution in [3.63, 3.8) is 0 Å². The lowest BCUT2D eigenvalue weighted by atomic mass is 10.2. The third-order valence-corrected chi connectivity index (χ3v) is 2.56. The van der Waals surface area contributed by atoms with Gasteiger partial charge in [0, 0.05) is 0 Å². The maximum atomic E-state index is 13.3. The monoisotopic (exact) mass is 273 g/mol. The number of carbonyl (C=O) groups is 1. The van der Waals surface area contributed by atoms with Gasteiger partial charge in [0.2, 0.25) is 0 Å². The van der Waals surface area contributed by atoms with E-state index in [-0.39, 0.29) is 5.69 Å². The lowest BCUT2D eigenvalue weighted by molar-refractivity contribution is 0.0523. The Balaban J connectivity index is 2.71. The Bertz CT molecular complexity index is 605. The van der Waals surface area contributed by atoms with Crippen LogP contribution >= 0.6 is 0 Å². The number of halogens is 1. The second-order valence-electron chi connectivity index (χ2n) is 3.20. The minimum atomic E-state index is -4.23. The van der Waals surface area contributed by atoms with Gasteiger partial charge in [-0.1, -0.05) is 12.1 Å². The molecule has 0 fully saturated rings. The first-order valence-corrected chi connectivity index (χ1v) is 6.23. The summed E-state index contributed by atoms with van der Waals surface area (Å²) in [5.74, 6) is -2.76. The van der Waals surface area contributed by atoms with Crippen LogP contribution in [0.5, 0.6) is 0 Å². The van der Waals surface area contributed by atoms with Crippen molar-refractivity contribution >= 4 is 21.8 Å². The molecule has 0 radical (unpaired) electrons. The highest BCUT2D eigenvalue weighted by Crippen LogP contribution is 2.17. The van der Waals surface area contributed by atoms with Gasteiger partial charge in [0.25, 0.3) is 10.1 Å². The van der Waals surface area contributed by atoms with Gasteiger partial charge in [0.05, 0.1) is 12.1 Å². The Morgan fingerprint density at radius 2 is 2.17 bits per heavy atom. The van der Waals surface area contributed by atoms with E-state index in [1.165, 1.54) is 6.07 Å². The Hall–Kier alpha value is -1.98. The van der Waals surface area contributed by atoms with Gasteiger partial charge in [-0.15, -0.1) is 0 Å².